The van der Waals surface area contributed by atoms with Crippen molar-refractivity contribution in [3.8, 4) is 0 Å². The third-order valence-electron chi connectivity index (χ3n) is 3.83. The van der Waals surface area contributed by atoms with E-state index in [-0.39, 0.29) is 17.9 Å². The summed E-state index contributed by atoms with van der Waals surface area (Å²) in [6.07, 6.45) is 2.26. The summed E-state index contributed by atoms with van der Waals surface area (Å²) in [7, 11) is 0. The quantitative estimate of drug-likeness (QED) is 0.825. The van der Waals surface area contributed by atoms with Crippen LogP contribution in [0.5, 0.6) is 0 Å². The van der Waals surface area contributed by atoms with Gasteiger partial charge < -0.3 is 4.74 Å². The molecule has 5 heteroatoms. The second kappa shape index (κ2) is 7.35. The highest BCUT2D eigenvalue weighted by Crippen LogP contribution is 2.23. The van der Waals surface area contributed by atoms with E-state index in [2.05, 4.69) is 0 Å². The largest absolute Gasteiger partial charge is 0.444 e. The van der Waals surface area contributed by atoms with Crippen LogP contribution in [0.25, 0.3) is 0 Å². The van der Waals surface area contributed by atoms with Crippen molar-refractivity contribution < 1.29 is 14.3 Å². The average Bonchev–Trinajstić information content (AvgIpc) is 2.94. The van der Waals surface area contributed by atoms with Gasteiger partial charge >= 0.3 is 6.09 Å². The van der Waals surface area contributed by atoms with Crippen molar-refractivity contribution in [2.45, 2.75) is 58.1 Å². The zero-order valence-electron chi connectivity index (χ0n) is 14.0. The lowest BCUT2D eigenvalue weighted by Crippen LogP contribution is -2.43. The first kappa shape index (κ1) is 17.8. The highest BCUT2D eigenvalue weighted by atomic mass is 35.5. The number of hydrogen-bond acceptors (Lipinski definition) is 3. The van der Waals surface area contributed by atoms with Crippen LogP contribution in [-0.2, 0) is 16.0 Å². The lowest BCUT2D eigenvalue weighted by atomic mass is 10.0. The smallest absolute Gasteiger partial charge is 0.410 e. The van der Waals surface area contributed by atoms with Gasteiger partial charge in [0, 0.05) is 18.0 Å². The monoisotopic (exact) mass is 337 g/mol. The van der Waals surface area contributed by atoms with Gasteiger partial charge in [-0.05, 0) is 57.7 Å². The second-order valence-corrected chi connectivity index (χ2v) is 7.36. The Morgan fingerprint density at radius 1 is 1.26 bits per heavy atom. The fourth-order valence-electron chi connectivity index (χ4n) is 2.73. The van der Waals surface area contributed by atoms with E-state index in [4.69, 9.17) is 16.3 Å². The molecule has 0 N–H and O–H groups in total. The molecule has 1 amide bonds. The summed E-state index contributed by atoms with van der Waals surface area (Å²) >= 11 is 5.86. The molecule has 0 aliphatic carbocycles. The minimum atomic E-state index is -0.545. The van der Waals surface area contributed by atoms with E-state index in [0.717, 1.165) is 18.4 Å². The predicted molar refractivity (Wildman–Crippen MR) is 90.7 cm³/mol. The molecule has 1 fully saturated rings. The third kappa shape index (κ3) is 5.24. The molecule has 0 bridgehead atoms. The number of benzene rings is 1. The fraction of sp³-hybridized carbons (Fsp3) is 0.556. The van der Waals surface area contributed by atoms with Gasteiger partial charge in [0.05, 0.1) is 6.04 Å². The molecule has 1 aliphatic rings. The van der Waals surface area contributed by atoms with Crippen LogP contribution in [-0.4, -0.2) is 35.0 Å². The Hall–Kier alpha value is -1.55. The van der Waals surface area contributed by atoms with Crippen molar-refractivity contribution in [1.82, 2.24) is 4.90 Å². The summed E-state index contributed by atoms with van der Waals surface area (Å²) in [6.45, 7) is 6.08. The van der Waals surface area contributed by atoms with Gasteiger partial charge in [-0.1, -0.05) is 23.7 Å². The minimum Gasteiger partial charge on any atom is -0.444 e. The molecule has 1 aromatic rings. The fourth-order valence-corrected chi connectivity index (χ4v) is 2.85. The summed E-state index contributed by atoms with van der Waals surface area (Å²) in [4.78, 5) is 26.3. The van der Waals surface area contributed by atoms with E-state index in [1.165, 1.54) is 0 Å². The highest BCUT2D eigenvalue weighted by Gasteiger charge is 2.35. The normalized spacial score (nSPS) is 18.1. The predicted octanol–water partition coefficient (Wildman–Crippen LogP) is 4.24. The number of halogens is 1. The van der Waals surface area contributed by atoms with Gasteiger partial charge in [-0.3, -0.25) is 9.69 Å². The molecule has 1 atom stereocenters. The van der Waals surface area contributed by atoms with Crippen molar-refractivity contribution in [2.75, 3.05) is 6.54 Å². The molecule has 1 heterocycles. The SMILES string of the molecule is CC(C)(C)OC(=O)N1CCC[C@@H]1C(=O)CCc1ccc(Cl)cc1. The molecular formula is C18H24ClNO3. The Kier molecular flexibility index (Phi) is 5.69. The maximum absolute atomic E-state index is 12.5. The summed E-state index contributed by atoms with van der Waals surface area (Å²) < 4.78 is 5.40. The van der Waals surface area contributed by atoms with Gasteiger partial charge in [-0.15, -0.1) is 0 Å². The van der Waals surface area contributed by atoms with E-state index in [1.54, 1.807) is 4.90 Å². The van der Waals surface area contributed by atoms with Crippen LogP contribution in [0.3, 0.4) is 0 Å². The van der Waals surface area contributed by atoms with Crippen LogP contribution >= 0.6 is 11.6 Å². The van der Waals surface area contributed by atoms with Crippen molar-refractivity contribution in [3.05, 3.63) is 34.9 Å². The number of likely N-dealkylation sites (tertiary alicyclic amines) is 1. The standard InChI is InChI=1S/C18H24ClNO3/c1-18(2,3)23-17(22)20-12-4-5-15(20)16(21)11-8-13-6-9-14(19)10-7-13/h6-7,9-10,15H,4-5,8,11-12H2,1-3H3/t15-/m1/s1. The number of hydrogen-bond donors (Lipinski definition) is 0. The Balaban J connectivity index is 1.92. The number of carbonyl (C=O) groups excluding carboxylic acids is 2. The molecule has 2 rings (SSSR count). The molecule has 1 saturated heterocycles. The van der Waals surface area contributed by atoms with Gasteiger partial charge in [0.1, 0.15) is 5.60 Å². The molecular weight excluding hydrogens is 314 g/mol. The Morgan fingerprint density at radius 2 is 1.91 bits per heavy atom. The number of ether oxygens (including phenoxy) is 1. The topological polar surface area (TPSA) is 46.6 Å². The number of amides is 1. The van der Waals surface area contributed by atoms with Crippen LogP contribution in [0.15, 0.2) is 24.3 Å². The van der Waals surface area contributed by atoms with Crippen LogP contribution < -0.4 is 0 Å². The van der Waals surface area contributed by atoms with Crippen LogP contribution in [0.1, 0.15) is 45.6 Å². The van der Waals surface area contributed by atoms with Gasteiger partial charge in [0.25, 0.3) is 0 Å². The number of nitrogens with zero attached hydrogens (tertiary/aromatic N) is 1. The summed E-state index contributed by atoms with van der Waals surface area (Å²) in [6, 6.07) is 7.15. The molecule has 23 heavy (non-hydrogen) atoms. The van der Waals surface area contributed by atoms with Crippen molar-refractivity contribution in [1.29, 1.82) is 0 Å². The molecule has 0 aromatic heterocycles. The second-order valence-electron chi connectivity index (χ2n) is 6.92. The molecule has 1 aliphatic heterocycles. The van der Waals surface area contributed by atoms with Crippen molar-refractivity contribution in [2.24, 2.45) is 0 Å². The van der Waals surface area contributed by atoms with Gasteiger partial charge in [-0.2, -0.15) is 0 Å². The van der Waals surface area contributed by atoms with Gasteiger partial charge in [0.2, 0.25) is 0 Å². The van der Waals surface area contributed by atoms with Gasteiger partial charge in [-0.25, -0.2) is 4.79 Å². The lowest BCUT2D eigenvalue weighted by molar-refractivity contribution is -0.123. The van der Waals surface area contributed by atoms with E-state index < -0.39 is 5.60 Å². The molecule has 126 valence electrons. The zero-order valence-corrected chi connectivity index (χ0v) is 14.7. The van der Waals surface area contributed by atoms with E-state index in [0.29, 0.717) is 24.4 Å². The molecule has 4 nitrogen and oxygen atoms in total. The Labute approximate surface area is 142 Å². The molecule has 1 aromatic carbocycles. The maximum atomic E-state index is 12.5. The average molecular weight is 338 g/mol. The zero-order chi connectivity index (χ0) is 17.0. The van der Waals surface area contributed by atoms with Crippen molar-refractivity contribution in [3.63, 3.8) is 0 Å². The minimum absolute atomic E-state index is 0.100. The number of Topliss-reactive ketones (excluding diaryl/α,β-unsaturated/α-hetero) is 1. The van der Waals surface area contributed by atoms with Gasteiger partial charge in [0.15, 0.2) is 5.78 Å². The molecule has 0 spiro atoms. The highest BCUT2D eigenvalue weighted by molar-refractivity contribution is 6.30. The first-order valence-electron chi connectivity index (χ1n) is 8.03. The summed E-state index contributed by atoms with van der Waals surface area (Å²) in [5.41, 5.74) is 0.529. The lowest BCUT2D eigenvalue weighted by Gasteiger charge is -2.28. The van der Waals surface area contributed by atoms with Crippen LogP contribution in [0.4, 0.5) is 4.79 Å². The first-order chi connectivity index (χ1) is 10.8. The van der Waals surface area contributed by atoms with Crippen molar-refractivity contribution >= 4 is 23.5 Å². The Morgan fingerprint density at radius 3 is 2.52 bits per heavy atom. The number of rotatable bonds is 4. The maximum Gasteiger partial charge on any atom is 0.410 e. The third-order valence-corrected chi connectivity index (χ3v) is 4.08. The molecule has 0 unspecified atom stereocenters. The summed E-state index contributed by atoms with van der Waals surface area (Å²) in [5, 5.41) is 0.687. The number of ketones is 1. The van der Waals surface area contributed by atoms with Crippen LogP contribution in [0.2, 0.25) is 5.02 Å². The molecule has 0 saturated carbocycles. The van der Waals surface area contributed by atoms with E-state index in [1.807, 2.05) is 45.0 Å². The first-order valence-corrected chi connectivity index (χ1v) is 8.41. The molecule has 0 radical (unpaired) electrons. The summed E-state index contributed by atoms with van der Waals surface area (Å²) in [5.74, 6) is 0.100. The Bertz CT molecular complexity index is 563. The number of carbonyl (C=O) groups is 2. The van der Waals surface area contributed by atoms with E-state index in [9.17, 15) is 9.59 Å². The van der Waals surface area contributed by atoms with Crippen LogP contribution in [0, 0.1) is 0 Å². The van der Waals surface area contributed by atoms with E-state index >= 15 is 0 Å². The number of aryl methyl sites for hydroxylation is 1.